The zero-order chi connectivity index (χ0) is 20.8. The van der Waals surface area contributed by atoms with Crippen molar-refractivity contribution < 1.29 is 9.53 Å². The maximum atomic E-state index is 13.0. The molecule has 3 rings (SSSR count). The second-order valence-electron chi connectivity index (χ2n) is 6.26. The minimum absolute atomic E-state index is 0.304. The first kappa shape index (κ1) is 20.8. The molecule has 148 valence electrons. The summed E-state index contributed by atoms with van der Waals surface area (Å²) in [6.07, 6.45) is 3.70. The molecule has 0 aliphatic carbocycles. The number of hydrogen-bond acceptors (Lipinski definition) is 4. The molecule has 1 aliphatic heterocycles. The average molecular weight is 428 g/mol. The topological polar surface area (TPSA) is 74.2 Å². The summed E-state index contributed by atoms with van der Waals surface area (Å²) < 4.78 is 5.42. The van der Waals surface area contributed by atoms with Gasteiger partial charge in [-0.1, -0.05) is 41.4 Å². The lowest BCUT2D eigenvalue weighted by Crippen LogP contribution is -2.35. The molecule has 0 saturated heterocycles. The summed E-state index contributed by atoms with van der Waals surface area (Å²) in [6, 6.07) is 13.5. The Kier molecular flexibility index (Phi) is 6.82. The van der Waals surface area contributed by atoms with Gasteiger partial charge >= 0.3 is 0 Å². The lowest BCUT2D eigenvalue weighted by atomic mass is 10.0. The predicted octanol–water partition coefficient (Wildman–Crippen LogP) is 4.69. The van der Waals surface area contributed by atoms with Crippen LogP contribution in [0.15, 0.2) is 65.3 Å². The van der Waals surface area contributed by atoms with Gasteiger partial charge in [0.05, 0.1) is 28.9 Å². The third-order valence-corrected chi connectivity index (χ3v) is 4.94. The minimum Gasteiger partial charge on any atom is -0.492 e. The van der Waals surface area contributed by atoms with Crippen molar-refractivity contribution >= 4 is 29.1 Å². The maximum Gasteiger partial charge on any atom is 0.252 e. The van der Waals surface area contributed by atoms with Gasteiger partial charge in [0.15, 0.2) is 0 Å². The quantitative estimate of drug-likeness (QED) is 0.700. The van der Waals surface area contributed by atoms with Crippen molar-refractivity contribution in [3.8, 4) is 11.8 Å². The number of rotatable bonds is 6. The summed E-state index contributed by atoms with van der Waals surface area (Å²) >= 11 is 12.4. The highest BCUT2D eigenvalue weighted by Gasteiger charge is 2.23. The first-order valence-electron chi connectivity index (χ1n) is 9.06. The molecule has 1 aliphatic rings. The normalized spacial score (nSPS) is 14.0. The van der Waals surface area contributed by atoms with E-state index in [4.69, 9.17) is 27.9 Å². The molecule has 5 nitrogen and oxygen atoms in total. The molecule has 1 unspecified atom stereocenters. The fraction of sp³-hybridized carbons (Fsp3) is 0.182. The van der Waals surface area contributed by atoms with Crippen molar-refractivity contribution in [3.63, 3.8) is 0 Å². The van der Waals surface area contributed by atoms with E-state index in [1.807, 2.05) is 25.1 Å². The molecule has 1 heterocycles. The summed E-state index contributed by atoms with van der Waals surface area (Å²) in [4.78, 5) is 13.0. The van der Waals surface area contributed by atoms with E-state index in [2.05, 4.69) is 16.7 Å². The molecule has 0 radical (unpaired) electrons. The standard InChI is InChI=1S/C22H19Cl2N3O2/c1-2-29-19-10-7-15(12-16(19)13-25)22(28)27-20(14-5-8-17(23)9-6-14)21-18(24)4-3-11-26-21/h3-10,12,20,26H,2,11H2,1H3,(H,27,28). The molecule has 1 atom stereocenters. The number of ether oxygens (including phenoxy) is 1. The van der Waals surface area contributed by atoms with Crippen LogP contribution < -0.4 is 15.4 Å². The minimum atomic E-state index is -0.505. The maximum absolute atomic E-state index is 13.0. The first-order valence-corrected chi connectivity index (χ1v) is 9.82. The van der Waals surface area contributed by atoms with Gasteiger partial charge in [-0.05, 0) is 48.9 Å². The third kappa shape index (κ3) is 4.92. The molecule has 0 fully saturated rings. The number of hydrogen-bond donors (Lipinski definition) is 2. The van der Waals surface area contributed by atoms with Gasteiger partial charge in [-0.15, -0.1) is 0 Å². The van der Waals surface area contributed by atoms with Crippen LogP contribution in [0.4, 0.5) is 0 Å². The van der Waals surface area contributed by atoms with E-state index < -0.39 is 6.04 Å². The van der Waals surface area contributed by atoms with Gasteiger partial charge in [0.1, 0.15) is 11.8 Å². The Hall–Kier alpha value is -2.94. The molecule has 2 aromatic carbocycles. The van der Waals surface area contributed by atoms with E-state index in [9.17, 15) is 10.1 Å². The van der Waals surface area contributed by atoms with E-state index in [1.54, 1.807) is 30.3 Å². The summed E-state index contributed by atoms with van der Waals surface area (Å²) in [7, 11) is 0. The van der Waals surface area contributed by atoms with Gasteiger partial charge in [0.25, 0.3) is 5.91 Å². The van der Waals surface area contributed by atoms with Gasteiger partial charge in [0.2, 0.25) is 0 Å². The molecule has 2 N–H and O–H groups in total. The SMILES string of the molecule is CCOc1ccc(C(=O)NC(C2=C(Cl)C=CCN2)c2ccc(Cl)cc2)cc1C#N. The lowest BCUT2D eigenvalue weighted by Gasteiger charge is -2.26. The molecular weight excluding hydrogens is 409 g/mol. The van der Waals surface area contributed by atoms with Crippen LogP contribution in [0.3, 0.4) is 0 Å². The fourth-order valence-corrected chi connectivity index (χ4v) is 3.37. The number of nitriles is 1. The second-order valence-corrected chi connectivity index (χ2v) is 7.10. The number of amides is 1. The fourth-order valence-electron chi connectivity index (χ4n) is 2.98. The number of carbonyl (C=O) groups is 1. The van der Waals surface area contributed by atoms with Crippen LogP contribution in [0.5, 0.6) is 5.75 Å². The zero-order valence-corrected chi connectivity index (χ0v) is 17.2. The largest absolute Gasteiger partial charge is 0.492 e. The highest BCUT2D eigenvalue weighted by atomic mass is 35.5. The Morgan fingerprint density at radius 2 is 2.03 bits per heavy atom. The number of dihydropyridines is 1. The summed E-state index contributed by atoms with van der Waals surface area (Å²) in [5.74, 6) is 0.114. The number of halogens is 2. The van der Waals surface area contributed by atoms with Crippen LogP contribution >= 0.6 is 23.2 Å². The smallest absolute Gasteiger partial charge is 0.252 e. The van der Waals surface area contributed by atoms with Crippen molar-refractivity contribution in [2.24, 2.45) is 0 Å². The Morgan fingerprint density at radius 1 is 1.28 bits per heavy atom. The summed E-state index contributed by atoms with van der Waals surface area (Å²) in [5, 5.41) is 16.7. The molecule has 0 aromatic heterocycles. The molecule has 1 amide bonds. The molecule has 0 spiro atoms. The van der Waals surface area contributed by atoms with Crippen LogP contribution in [-0.2, 0) is 0 Å². The Bertz CT molecular complexity index is 1010. The molecular formula is C22H19Cl2N3O2. The Labute approximate surface area is 179 Å². The van der Waals surface area contributed by atoms with Crippen LogP contribution in [0.2, 0.25) is 5.02 Å². The predicted molar refractivity (Wildman–Crippen MR) is 114 cm³/mol. The van der Waals surface area contributed by atoms with Crippen LogP contribution in [-0.4, -0.2) is 19.1 Å². The van der Waals surface area contributed by atoms with Gasteiger partial charge in [-0.2, -0.15) is 5.26 Å². The van der Waals surface area contributed by atoms with Crippen molar-refractivity contribution in [1.82, 2.24) is 10.6 Å². The van der Waals surface area contributed by atoms with E-state index in [-0.39, 0.29) is 5.91 Å². The van der Waals surface area contributed by atoms with E-state index in [0.717, 1.165) is 5.56 Å². The molecule has 7 heteroatoms. The van der Waals surface area contributed by atoms with Crippen LogP contribution in [0.1, 0.15) is 34.5 Å². The average Bonchev–Trinajstić information content (AvgIpc) is 2.73. The molecule has 0 bridgehead atoms. The second kappa shape index (κ2) is 9.51. The van der Waals surface area contributed by atoms with Crippen molar-refractivity contribution in [3.05, 3.63) is 87.1 Å². The Balaban J connectivity index is 1.94. The Morgan fingerprint density at radius 3 is 2.69 bits per heavy atom. The van der Waals surface area contributed by atoms with E-state index in [0.29, 0.717) is 45.8 Å². The van der Waals surface area contributed by atoms with E-state index in [1.165, 1.54) is 6.07 Å². The van der Waals surface area contributed by atoms with Gasteiger partial charge in [-0.3, -0.25) is 4.79 Å². The number of nitrogens with zero attached hydrogens (tertiary/aromatic N) is 1. The van der Waals surface area contributed by atoms with E-state index >= 15 is 0 Å². The monoisotopic (exact) mass is 427 g/mol. The number of allylic oxidation sites excluding steroid dienone is 2. The van der Waals surface area contributed by atoms with Gasteiger partial charge in [-0.25, -0.2) is 0 Å². The number of benzene rings is 2. The number of nitrogens with one attached hydrogen (secondary N) is 2. The number of carbonyl (C=O) groups excluding carboxylic acids is 1. The van der Waals surface area contributed by atoms with Crippen molar-refractivity contribution in [2.75, 3.05) is 13.2 Å². The zero-order valence-electron chi connectivity index (χ0n) is 15.7. The lowest BCUT2D eigenvalue weighted by molar-refractivity contribution is 0.0941. The highest BCUT2D eigenvalue weighted by Crippen LogP contribution is 2.28. The molecule has 0 saturated carbocycles. The van der Waals surface area contributed by atoms with Gasteiger partial charge < -0.3 is 15.4 Å². The van der Waals surface area contributed by atoms with Crippen LogP contribution in [0, 0.1) is 11.3 Å². The van der Waals surface area contributed by atoms with Crippen LogP contribution in [0.25, 0.3) is 0 Å². The van der Waals surface area contributed by atoms with Gasteiger partial charge in [0, 0.05) is 17.1 Å². The summed E-state index contributed by atoms with van der Waals surface area (Å²) in [6.45, 7) is 2.87. The van der Waals surface area contributed by atoms with Crippen molar-refractivity contribution in [2.45, 2.75) is 13.0 Å². The summed E-state index contributed by atoms with van der Waals surface area (Å²) in [5.41, 5.74) is 2.17. The first-order chi connectivity index (χ1) is 14.0. The van der Waals surface area contributed by atoms with Crippen molar-refractivity contribution in [1.29, 1.82) is 5.26 Å². The highest BCUT2D eigenvalue weighted by molar-refractivity contribution is 6.31. The molecule has 29 heavy (non-hydrogen) atoms. The third-order valence-electron chi connectivity index (χ3n) is 4.36. The molecule has 2 aromatic rings.